The number of nitrogens with one attached hydrogen (secondary N) is 2. The van der Waals surface area contributed by atoms with Crippen molar-refractivity contribution in [3.63, 3.8) is 0 Å². The smallest absolute Gasteiger partial charge is 0.257 e. The fraction of sp³-hybridized carbons (Fsp3) is 0.200. The molecule has 0 aliphatic carbocycles. The van der Waals surface area contributed by atoms with Crippen molar-refractivity contribution in [1.82, 2.24) is 10.3 Å². The second-order valence-electron chi connectivity index (χ2n) is 4.62. The lowest BCUT2D eigenvalue weighted by Crippen LogP contribution is -2.33. The second kappa shape index (κ2) is 5.54. The van der Waals surface area contributed by atoms with E-state index in [1.54, 1.807) is 11.8 Å². The SMILES string of the molecule is O=C(NC1CCSc2ccccc21)c1c[nH]ccc1=O. The lowest BCUT2D eigenvalue weighted by Gasteiger charge is -2.25. The Kier molecular flexibility index (Phi) is 3.60. The summed E-state index contributed by atoms with van der Waals surface area (Å²) in [4.78, 5) is 27.8. The summed E-state index contributed by atoms with van der Waals surface area (Å²) in [5.41, 5.74) is 1.02. The minimum atomic E-state index is -0.321. The molecule has 1 aromatic carbocycles. The molecule has 1 aliphatic heterocycles. The van der Waals surface area contributed by atoms with E-state index in [-0.39, 0.29) is 22.9 Å². The van der Waals surface area contributed by atoms with Gasteiger partial charge in [0.2, 0.25) is 0 Å². The standard InChI is InChI=1S/C15H14N2O2S/c18-13-5-7-16-9-11(13)15(19)17-12-6-8-20-14-4-2-1-3-10(12)14/h1-5,7,9,12H,6,8H2,(H,16,18)(H,17,19). The molecule has 2 aromatic rings. The Labute approximate surface area is 120 Å². The fourth-order valence-electron chi connectivity index (χ4n) is 2.32. The first-order chi connectivity index (χ1) is 9.75. The molecule has 0 saturated heterocycles. The number of aromatic nitrogens is 1. The number of carbonyl (C=O) groups excluding carboxylic acids is 1. The maximum atomic E-state index is 12.2. The summed E-state index contributed by atoms with van der Waals surface area (Å²) < 4.78 is 0. The summed E-state index contributed by atoms with van der Waals surface area (Å²) in [5.74, 6) is 0.645. The van der Waals surface area contributed by atoms with E-state index in [0.29, 0.717) is 0 Å². The number of rotatable bonds is 2. The average molecular weight is 286 g/mol. The van der Waals surface area contributed by atoms with Crippen LogP contribution >= 0.6 is 11.8 Å². The van der Waals surface area contributed by atoms with Crippen LogP contribution in [0.1, 0.15) is 28.4 Å². The Morgan fingerprint density at radius 1 is 1.30 bits per heavy atom. The van der Waals surface area contributed by atoms with Crippen LogP contribution in [0, 0.1) is 0 Å². The molecule has 1 aromatic heterocycles. The average Bonchev–Trinajstić information content (AvgIpc) is 2.48. The van der Waals surface area contributed by atoms with Crippen molar-refractivity contribution in [3.8, 4) is 0 Å². The van der Waals surface area contributed by atoms with Crippen molar-refractivity contribution in [2.45, 2.75) is 17.4 Å². The number of thioether (sulfide) groups is 1. The molecule has 20 heavy (non-hydrogen) atoms. The summed E-state index contributed by atoms with van der Waals surface area (Å²) in [6, 6.07) is 9.39. The highest BCUT2D eigenvalue weighted by Gasteiger charge is 2.23. The van der Waals surface area contributed by atoms with E-state index in [1.807, 2.05) is 18.2 Å². The molecule has 2 heterocycles. The third-order valence-electron chi connectivity index (χ3n) is 3.33. The number of hydrogen-bond acceptors (Lipinski definition) is 3. The number of hydrogen-bond donors (Lipinski definition) is 2. The predicted molar refractivity (Wildman–Crippen MR) is 79.1 cm³/mol. The van der Waals surface area contributed by atoms with Gasteiger partial charge in [0, 0.05) is 29.1 Å². The highest BCUT2D eigenvalue weighted by Crippen LogP contribution is 2.35. The maximum absolute atomic E-state index is 12.2. The van der Waals surface area contributed by atoms with E-state index in [0.717, 1.165) is 17.7 Å². The Hall–Kier alpha value is -2.01. The summed E-state index contributed by atoms with van der Waals surface area (Å²) >= 11 is 1.80. The van der Waals surface area contributed by atoms with Crippen LogP contribution in [-0.4, -0.2) is 16.6 Å². The molecule has 0 saturated carbocycles. The first kappa shape index (κ1) is 13.0. The van der Waals surface area contributed by atoms with Crippen molar-refractivity contribution in [2.24, 2.45) is 0 Å². The Bertz CT molecular complexity index is 696. The van der Waals surface area contributed by atoms with Crippen LogP contribution in [0.25, 0.3) is 0 Å². The van der Waals surface area contributed by atoms with Crippen LogP contribution in [0.3, 0.4) is 0 Å². The highest BCUT2D eigenvalue weighted by atomic mass is 32.2. The van der Waals surface area contributed by atoms with E-state index in [2.05, 4.69) is 16.4 Å². The molecule has 1 amide bonds. The number of amides is 1. The molecular weight excluding hydrogens is 272 g/mol. The van der Waals surface area contributed by atoms with Crippen molar-refractivity contribution in [3.05, 3.63) is 64.1 Å². The van der Waals surface area contributed by atoms with Gasteiger partial charge in [0.1, 0.15) is 5.56 Å². The molecule has 1 unspecified atom stereocenters. The fourth-order valence-corrected chi connectivity index (χ4v) is 3.45. The lowest BCUT2D eigenvalue weighted by atomic mass is 10.0. The summed E-state index contributed by atoms with van der Waals surface area (Å²) in [6.45, 7) is 0. The van der Waals surface area contributed by atoms with E-state index in [9.17, 15) is 9.59 Å². The minimum Gasteiger partial charge on any atom is -0.367 e. The number of benzene rings is 1. The van der Waals surface area contributed by atoms with Crippen LogP contribution in [0.5, 0.6) is 0 Å². The molecule has 0 bridgehead atoms. The normalized spacial score (nSPS) is 17.3. The molecule has 1 atom stereocenters. The minimum absolute atomic E-state index is 0.0282. The van der Waals surface area contributed by atoms with Crippen molar-refractivity contribution in [2.75, 3.05) is 5.75 Å². The monoisotopic (exact) mass is 286 g/mol. The van der Waals surface area contributed by atoms with Crippen LogP contribution in [0.2, 0.25) is 0 Å². The van der Waals surface area contributed by atoms with Gasteiger partial charge in [-0.05, 0) is 18.1 Å². The zero-order chi connectivity index (χ0) is 13.9. The quantitative estimate of drug-likeness (QED) is 0.890. The first-order valence-electron chi connectivity index (χ1n) is 6.45. The van der Waals surface area contributed by atoms with Gasteiger partial charge in [-0.1, -0.05) is 18.2 Å². The predicted octanol–water partition coefficient (Wildman–Crippen LogP) is 2.34. The van der Waals surface area contributed by atoms with Gasteiger partial charge in [0.05, 0.1) is 6.04 Å². The lowest BCUT2D eigenvalue weighted by molar-refractivity contribution is 0.0933. The Morgan fingerprint density at radius 2 is 2.15 bits per heavy atom. The first-order valence-corrected chi connectivity index (χ1v) is 7.44. The third-order valence-corrected chi connectivity index (χ3v) is 4.46. The molecule has 0 radical (unpaired) electrons. The number of aromatic amines is 1. The van der Waals surface area contributed by atoms with Gasteiger partial charge in [-0.25, -0.2) is 0 Å². The van der Waals surface area contributed by atoms with Crippen molar-refractivity contribution in [1.29, 1.82) is 0 Å². The molecule has 4 nitrogen and oxygen atoms in total. The molecule has 3 rings (SSSR count). The molecule has 0 fully saturated rings. The third kappa shape index (κ3) is 2.49. The van der Waals surface area contributed by atoms with E-state index >= 15 is 0 Å². The van der Waals surface area contributed by atoms with Gasteiger partial charge in [0.15, 0.2) is 5.43 Å². The molecule has 1 aliphatic rings. The molecule has 102 valence electrons. The van der Waals surface area contributed by atoms with Gasteiger partial charge < -0.3 is 10.3 Å². The van der Waals surface area contributed by atoms with Crippen molar-refractivity contribution < 1.29 is 4.79 Å². The van der Waals surface area contributed by atoms with E-state index in [4.69, 9.17) is 0 Å². The number of fused-ring (bicyclic) bond motifs is 1. The summed E-state index contributed by atoms with van der Waals surface area (Å²) in [5, 5.41) is 2.96. The number of H-pyrrole nitrogens is 1. The van der Waals surface area contributed by atoms with Gasteiger partial charge >= 0.3 is 0 Å². The van der Waals surface area contributed by atoms with Crippen LogP contribution in [0.15, 0.2) is 52.4 Å². The Balaban J connectivity index is 1.85. The van der Waals surface area contributed by atoms with Crippen LogP contribution < -0.4 is 10.7 Å². The zero-order valence-corrected chi connectivity index (χ0v) is 11.6. The van der Waals surface area contributed by atoms with E-state index in [1.165, 1.54) is 23.4 Å². The zero-order valence-electron chi connectivity index (χ0n) is 10.8. The van der Waals surface area contributed by atoms with Gasteiger partial charge in [0.25, 0.3) is 5.91 Å². The number of carbonyl (C=O) groups is 1. The maximum Gasteiger partial charge on any atom is 0.257 e. The second-order valence-corrected chi connectivity index (χ2v) is 5.76. The van der Waals surface area contributed by atoms with E-state index < -0.39 is 0 Å². The summed E-state index contributed by atoms with van der Waals surface area (Å²) in [6.07, 6.45) is 3.84. The van der Waals surface area contributed by atoms with Gasteiger partial charge in [-0.15, -0.1) is 11.8 Å². The topological polar surface area (TPSA) is 62.0 Å². The molecule has 5 heteroatoms. The molecule has 2 N–H and O–H groups in total. The molecular formula is C15H14N2O2S. The largest absolute Gasteiger partial charge is 0.367 e. The Morgan fingerprint density at radius 3 is 3.00 bits per heavy atom. The number of pyridine rings is 1. The van der Waals surface area contributed by atoms with Gasteiger partial charge in [-0.3, -0.25) is 9.59 Å². The highest BCUT2D eigenvalue weighted by molar-refractivity contribution is 7.99. The van der Waals surface area contributed by atoms with Crippen LogP contribution in [-0.2, 0) is 0 Å². The van der Waals surface area contributed by atoms with Crippen LogP contribution in [0.4, 0.5) is 0 Å². The van der Waals surface area contributed by atoms with Crippen molar-refractivity contribution >= 4 is 17.7 Å². The molecule has 0 spiro atoms. The van der Waals surface area contributed by atoms with Gasteiger partial charge in [-0.2, -0.15) is 0 Å². The summed E-state index contributed by atoms with van der Waals surface area (Å²) in [7, 11) is 0.